The van der Waals surface area contributed by atoms with Gasteiger partial charge in [0, 0.05) is 24.5 Å². The molecule has 0 amide bonds. The first-order chi connectivity index (χ1) is 9.70. The van der Waals surface area contributed by atoms with E-state index in [9.17, 15) is 0 Å². The smallest absolute Gasteiger partial charge is 0.191 e. The lowest BCUT2D eigenvalue weighted by molar-refractivity contribution is 0.249. The van der Waals surface area contributed by atoms with Crippen LogP contribution in [-0.4, -0.2) is 43.6 Å². The largest absolute Gasteiger partial charge is 0.354 e. The normalized spacial score (nSPS) is 18.5. The van der Waals surface area contributed by atoms with Gasteiger partial charge in [-0.05, 0) is 51.2 Å². The SMILES string of the molecule is CN=C(NCC(c1cccs1)N1CCCC1)NC(C)C. The third kappa shape index (κ3) is 4.21. The van der Waals surface area contributed by atoms with Crippen LogP contribution in [0.1, 0.15) is 37.6 Å². The van der Waals surface area contributed by atoms with Crippen LogP contribution in [0.5, 0.6) is 0 Å². The Kier molecular flexibility index (Phi) is 5.86. The minimum absolute atomic E-state index is 0.396. The van der Waals surface area contributed by atoms with Gasteiger partial charge in [0.05, 0.1) is 6.04 Å². The molecule has 112 valence electrons. The van der Waals surface area contributed by atoms with E-state index in [-0.39, 0.29) is 0 Å². The summed E-state index contributed by atoms with van der Waals surface area (Å²) in [5, 5.41) is 8.98. The number of hydrogen-bond donors (Lipinski definition) is 2. The molecule has 0 spiro atoms. The van der Waals surface area contributed by atoms with E-state index < -0.39 is 0 Å². The van der Waals surface area contributed by atoms with Crippen molar-refractivity contribution in [3.8, 4) is 0 Å². The molecule has 1 fully saturated rings. The zero-order chi connectivity index (χ0) is 14.4. The predicted octanol–water partition coefficient (Wildman–Crippen LogP) is 2.46. The summed E-state index contributed by atoms with van der Waals surface area (Å²) in [6.07, 6.45) is 2.64. The molecule has 1 unspecified atom stereocenters. The molecule has 1 aromatic heterocycles. The second kappa shape index (κ2) is 7.64. The van der Waals surface area contributed by atoms with Crippen molar-refractivity contribution in [2.75, 3.05) is 26.7 Å². The van der Waals surface area contributed by atoms with Crippen molar-refractivity contribution in [2.24, 2.45) is 4.99 Å². The summed E-state index contributed by atoms with van der Waals surface area (Å²) < 4.78 is 0. The Morgan fingerprint density at radius 3 is 2.70 bits per heavy atom. The van der Waals surface area contributed by atoms with Gasteiger partial charge in [0.25, 0.3) is 0 Å². The highest BCUT2D eigenvalue weighted by atomic mass is 32.1. The first kappa shape index (κ1) is 15.3. The molecule has 1 aromatic rings. The van der Waals surface area contributed by atoms with Gasteiger partial charge in [0.2, 0.25) is 0 Å². The molecule has 1 saturated heterocycles. The lowest BCUT2D eigenvalue weighted by Gasteiger charge is -2.28. The zero-order valence-electron chi connectivity index (χ0n) is 12.7. The molecule has 1 aliphatic rings. The van der Waals surface area contributed by atoms with Crippen molar-refractivity contribution in [3.63, 3.8) is 0 Å². The van der Waals surface area contributed by atoms with Crippen molar-refractivity contribution < 1.29 is 0 Å². The van der Waals surface area contributed by atoms with Crippen LogP contribution in [-0.2, 0) is 0 Å². The zero-order valence-corrected chi connectivity index (χ0v) is 13.5. The van der Waals surface area contributed by atoms with Gasteiger partial charge in [-0.15, -0.1) is 11.3 Å². The van der Waals surface area contributed by atoms with E-state index in [1.165, 1.54) is 30.8 Å². The van der Waals surface area contributed by atoms with Gasteiger partial charge in [-0.25, -0.2) is 0 Å². The van der Waals surface area contributed by atoms with Crippen molar-refractivity contribution in [1.82, 2.24) is 15.5 Å². The maximum atomic E-state index is 4.29. The topological polar surface area (TPSA) is 39.7 Å². The average molecular weight is 294 g/mol. The van der Waals surface area contributed by atoms with Crippen molar-refractivity contribution >= 4 is 17.3 Å². The van der Waals surface area contributed by atoms with Gasteiger partial charge in [0.1, 0.15) is 0 Å². The second-order valence-corrected chi connectivity index (χ2v) is 6.51. The Balaban J connectivity index is 1.97. The summed E-state index contributed by atoms with van der Waals surface area (Å²) in [7, 11) is 1.83. The highest BCUT2D eigenvalue weighted by Gasteiger charge is 2.24. The summed E-state index contributed by atoms with van der Waals surface area (Å²) in [5.41, 5.74) is 0. The minimum atomic E-state index is 0.396. The number of thiophene rings is 1. The van der Waals surface area contributed by atoms with Crippen LogP contribution in [0.2, 0.25) is 0 Å². The highest BCUT2D eigenvalue weighted by molar-refractivity contribution is 7.10. The van der Waals surface area contributed by atoms with E-state index in [4.69, 9.17) is 0 Å². The summed E-state index contributed by atoms with van der Waals surface area (Å²) in [6, 6.07) is 5.24. The van der Waals surface area contributed by atoms with E-state index in [2.05, 4.69) is 51.9 Å². The first-order valence-corrected chi connectivity index (χ1v) is 8.33. The number of likely N-dealkylation sites (tertiary alicyclic amines) is 1. The molecule has 0 aliphatic carbocycles. The van der Waals surface area contributed by atoms with Gasteiger partial charge in [0.15, 0.2) is 5.96 Å². The van der Waals surface area contributed by atoms with Crippen LogP contribution in [0.15, 0.2) is 22.5 Å². The molecule has 0 radical (unpaired) electrons. The van der Waals surface area contributed by atoms with Gasteiger partial charge < -0.3 is 10.6 Å². The lowest BCUT2D eigenvalue weighted by Crippen LogP contribution is -2.44. The Morgan fingerprint density at radius 1 is 1.40 bits per heavy atom. The second-order valence-electron chi connectivity index (χ2n) is 5.53. The predicted molar refractivity (Wildman–Crippen MR) is 87.5 cm³/mol. The molecule has 1 aliphatic heterocycles. The molecule has 2 rings (SSSR count). The van der Waals surface area contributed by atoms with Crippen LogP contribution in [0.25, 0.3) is 0 Å². The van der Waals surface area contributed by atoms with Crippen LogP contribution in [0, 0.1) is 0 Å². The number of aliphatic imine (C=N–C) groups is 1. The Bertz CT molecular complexity index is 408. The molecule has 4 nitrogen and oxygen atoms in total. The van der Waals surface area contributed by atoms with Gasteiger partial charge in [-0.3, -0.25) is 9.89 Å². The average Bonchev–Trinajstić information content (AvgIpc) is 3.10. The van der Waals surface area contributed by atoms with Crippen molar-refractivity contribution in [1.29, 1.82) is 0 Å². The molecular formula is C15H26N4S. The molecule has 5 heteroatoms. The van der Waals surface area contributed by atoms with E-state index in [0.717, 1.165) is 12.5 Å². The van der Waals surface area contributed by atoms with E-state index >= 15 is 0 Å². The van der Waals surface area contributed by atoms with Gasteiger partial charge >= 0.3 is 0 Å². The summed E-state index contributed by atoms with van der Waals surface area (Å²) in [5.74, 6) is 0.890. The van der Waals surface area contributed by atoms with Crippen LogP contribution < -0.4 is 10.6 Å². The monoisotopic (exact) mass is 294 g/mol. The van der Waals surface area contributed by atoms with Gasteiger partial charge in [-0.2, -0.15) is 0 Å². The van der Waals surface area contributed by atoms with Crippen LogP contribution in [0.3, 0.4) is 0 Å². The van der Waals surface area contributed by atoms with Crippen LogP contribution >= 0.6 is 11.3 Å². The molecular weight excluding hydrogens is 268 g/mol. The number of nitrogens with zero attached hydrogens (tertiary/aromatic N) is 2. The number of nitrogens with one attached hydrogen (secondary N) is 2. The van der Waals surface area contributed by atoms with E-state index in [0.29, 0.717) is 12.1 Å². The highest BCUT2D eigenvalue weighted by Crippen LogP contribution is 2.27. The lowest BCUT2D eigenvalue weighted by atomic mass is 10.2. The maximum Gasteiger partial charge on any atom is 0.191 e. The Labute approximate surface area is 126 Å². The molecule has 20 heavy (non-hydrogen) atoms. The summed E-state index contributed by atoms with van der Waals surface area (Å²) in [4.78, 5) is 8.32. The van der Waals surface area contributed by atoms with E-state index in [1.807, 2.05) is 18.4 Å². The van der Waals surface area contributed by atoms with Gasteiger partial charge in [-0.1, -0.05) is 6.07 Å². The number of hydrogen-bond acceptors (Lipinski definition) is 3. The number of rotatable bonds is 5. The fraction of sp³-hybridized carbons (Fsp3) is 0.667. The quantitative estimate of drug-likeness (QED) is 0.647. The standard InChI is InChI=1S/C15H26N4S/c1-12(2)18-15(16-3)17-11-13(14-7-6-10-20-14)19-8-4-5-9-19/h6-7,10,12-13H,4-5,8-9,11H2,1-3H3,(H2,16,17,18). The molecule has 1 atom stereocenters. The molecule has 0 bridgehead atoms. The fourth-order valence-corrected chi connectivity index (χ4v) is 3.47. The molecule has 0 saturated carbocycles. The van der Waals surface area contributed by atoms with Crippen molar-refractivity contribution in [3.05, 3.63) is 22.4 Å². The molecule has 0 aromatic carbocycles. The maximum absolute atomic E-state index is 4.29. The third-order valence-corrected chi connectivity index (χ3v) is 4.54. The summed E-state index contributed by atoms with van der Waals surface area (Å²) >= 11 is 1.85. The summed E-state index contributed by atoms with van der Waals surface area (Å²) in [6.45, 7) is 7.59. The minimum Gasteiger partial charge on any atom is -0.354 e. The molecule has 2 heterocycles. The third-order valence-electron chi connectivity index (χ3n) is 3.56. The molecule has 2 N–H and O–H groups in total. The Morgan fingerprint density at radius 2 is 2.15 bits per heavy atom. The first-order valence-electron chi connectivity index (χ1n) is 7.45. The van der Waals surface area contributed by atoms with Crippen LogP contribution in [0.4, 0.5) is 0 Å². The van der Waals surface area contributed by atoms with E-state index in [1.54, 1.807) is 0 Å². The fourth-order valence-electron chi connectivity index (χ4n) is 2.61. The van der Waals surface area contributed by atoms with Crippen molar-refractivity contribution in [2.45, 2.75) is 38.8 Å². The Hall–Kier alpha value is -1.07. The number of guanidine groups is 1.